The molecular weight excluding hydrogens is 296 g/mol. The van der Waals surface area contributed by atoms with Crippen LogP contribution in [0.5, 0.6) is 0 Å². The van der Waals surface area contributed by atoms with Gasteiger partial charge in [-0.05, 0) is 42.7 Å². The third-order valence-electron chi connectivity index (χ3n) is 6.64. The number of rotatable bonds is 3. The van der Waals surface area contributed by atoms with E-state index < -0.39 is 0 Å². The molecule has 4 rings (SSSR count). The molecule has 3 fully saturated rings. The number of likely N-dealkylation sites (tertiary alicyclic amines) is 2. The van der Waals surface area contributed by atoms with Crippen LogP contribution in [0.15, 0.2) is 24.3 Å². The summed E-state index contributed by atoms with van der Waals surface area (Å²) in [5.41, 5.74) is 2.69. The van der Waals surface area contributed by atoms with Gasteiger partial charge in [-0.3, -0.25) is 4.79 Å². The zero-order chi connectivity index (χ0) is 16.7. The summed E-state index contributed by atoms with van der Waals surface area (Å²) in [6, 6.07) is 8.93. The molecule has 1 aromatic rings. The van der Waals surface area contributed by atoms with Gasteiger partial charge in [0.25, 0.3) is 0 Å². The van der Waals surface area contributed by atoms with Gasteiger partial charge < -0.3 is 9.80 Å². The van der Waals surface area contributed by atoms with E-state index in [1.54, 1.807) is 6.92 Å². The van der Waals surface area contributed by atoms with E-state index >= 15 is 0 Å². The fourth-order valence-electron chi connectivity index (χ4n) is 5.49. The molecule has 2 aliphatic heterocycles. The highest BCUT2D eigenvalue weighted by Gasteiger charge is 2.48. The van der Waals surface area contributed by atoms with E-state index in [0.29, 0.717) is 11.8 Å². The average molecular weight is 326 g/mol. The van der Waals surface area contributed by atoms with E-state index in [1.165, 1.54) is 56.4 Å². The van der Waals surface area contributed by atoms with Crippen molar-refractivity contribution in [2.45, 2.75) is 45.6 Å². The van der Waals surface area contributed by atoms with Crippen LogP contribution in [0.4, 0.5) is 0 Å². The lowest BCUT2D eigenvalue weighted by atomic mass is 9.87. The Labute approximate surface area is 146 Å². The first-order chi connectivity index (χ1) is 11.6. The summed E-state index contributed by atoms with van der Waals surface area (Å²) < 4.78 is 0. The average Bonchev–Trinajstić information content (AvgIpc) is 3.24. The first-order valence-electron chi connectivity index (χ1n) is 9.68. The van der Waals surface area contributed by atoms with Crippen LogP contribution in [0.1, 0.15) is 49.8 Å². The lowest BCUT2D eigenvalue weighted by Gasteiger charge is -2.30. The summed E-state index contributed by atoms with van der Waals surface area (Å²) in [5.74, 6) is 2.42. The van der Waals surface area contributed by atoms with Gasteiger partial charge in [-0.25, -0.2) is 0 Å². The molecule has 3 aliphatic rings. The van der Waals surface area contributed by atoms with Crippen molar-refractivity contribution in [2.24, 2.45) is 17.8 Å². The molecule has 2 saturated heterocycles. The zero-order valence-electron chi connectivity index (χ0n) is 15.1. The van der Waals surface area contributed by atoms with Crippen LogP contribution in [0.25, 0.3) is 0 Å². The number of amides is 1. The van der Waals surface area contributed by atoms with E-state index in [1.807, 2.05) is 0 Å². The van der Waals surface area contributed by atoms with Gasteiger partial charge in [0.1, 0.15) is 0 Å². The number of aryl methyl sites for hydroxylation is 1. The fourth-order valence-corrected chi connectivity index (χ4v) is 5.49. The molecule has 0 N–H and O–H groups in total. The Bertz CT molecular complexity index is 608. The molecule has 1 aliphatic carbocycles. The summed E-state index contributed by atoms with van der Waals surface area (Å²) in [6.07, 6.45) is 5.70. The van der Waals surface area contributed by atoms with Crippen molar-refractivity contribution in [1.82, 2.24) is 9.80 Å². The lowest BCUT2D eigenvalue weighted by Crippen LogP contribution is -2.35. The zero-order valence-corrected chi connectivity index (χ0v) is 15.1. The van der Waals surface area contributed by atoms with Gasteiger partial charge in [0, 0.05) is 39.0 Å². The molecule has 3 atom stereocenters. The van der Waals surface area contributed by atoms with E-state index in [4.69, 9.17) is 0 Å². The summed E-state index contributed by atoms with van der Waals surface area (Å²) in [7, 11) is 0. The molecule has 130 valence electrons. The molecule has 1 amide bonds. The standard InChI is InChI=1S/C21H30N2O/c1-15-7-3-6-10-19(15)21-20-14-22(11-17-8-4-5-9-17)12-18(20)13-23(21)16(2)24/h3,6-7,10,17-18,20-21H,4-5,8-9,11-14H2,1-2H3/t18-,20-,21+/m1/s1. The van der Waals surface area contributed by atoms with Crippen molar-refractivity contribution in [3.8, 4) is 0 Å². The SMILES string of the molecule is CC(=O)N1C[C@H]2CN(CC3CCCC3)C[C@H]2[C@@H]1c1ccccc1C. The minimum absolute atomic E-state index is 0.236. The highest BCUT2D eigenvalue weighted by atomic mass is 16.2. The Morgan fingerprint density at radius 3 is 2.58 bits per heavy atom. The second-order valence-corrected chi connectivity index (χ2v) is 8.27. The Morgan fingerprint density at radius 2 is 1.88 bits per heavy atom. The number of fused-ring (bicyclic) bond motifs is 1. The van der Waals surface area contributed by atoms with Gasteiger partial charge in [-0.15, -0.1) is 0 Å². The van der Waals surface area contributed by atoms with Crippen LogP contribution in [0.3, 0.4) is 0 Å². The second kappa shape index (κ2) is 6.51. The topological polar surface area (TPSA) is 23.6 Å². The van der Waals surface area contributed by atoms with Gasteiger partial charge in [0.2, 0.25) is 5.91 Å². The Morgan fingerprint density at radius 1 is 1.12 bits per heavy atom. The minimum Gasteiger partial charge on any atom is -0.335 e. The van der Waals surface area contributed by atoms with Crippen molar-refractivity contribution in [3.05, 3.63) is 35.4 Å². The molecule has 2 heterocycles. The van der Waals surface area contributed by atoms with E-state index in [9.17, 15) is 4.79 Å². The number of carbonyl (C=O) groups excluding carboxylic acids is 1. The molecule has 24 heavy (non-hydrogen) atoms. The van der Waals surface area contributed by atoms with Crippen LogP contribution in [-0.4, -0.2) is 41.9 Å². The predicted octanol–water partition coefficient (Wildman–Crippen LogP) is 3.64. The fraction of sp³-hybridized carbons (Fsp3) is 0.667. The third-order valence-corrected chi connectivity index (χ3v) is 6.64. The van der Waals surface area contributed by atoms with Gasteiger partial charge in [-0.2, -0.15) is 0 Å². The Kier molecular flexibility index (Phi) is 4.38. The van der Waals surface area contributed by atoms with E-state index in [0.717, 1.165) is 12.5 Å². The maximum Gasteiger partial charge on any atom is 0.219 e. The maximum absolute atomic E-state index is 12.2. The van der Waals surface area contributed by atoms with Crippen molar-refractivity contribution < 1.29 is 4.79 Å². The first kappa shape index (κ1) is 16.1. The number of carbonyl (C=O) groups is 1. The molecule has 0 unspecified atom stereocenters. The van der Waals surface area contributed by atoms with Crippen LogP contribution in [0, 0.1) is 24.7 Å². The van der Waals surface area contributed by atoms with Gasteiger partial charge in [0.15, 0.2) is 0 Å². The Balaban J connectivity index is 1.54. The monoisotopic (exact) mass is 326 g/mol. The molecule has 3 heteroatoms. The van der Waals surface area contributed by atoms with E-state index in [2.05, 4.69) is 41.0 Å². The number of hydrogen-bond donors (Lipinski definition) is 0. The van der Waals surface area contributed by atoms with Gasteiger partial charge in [-0.1, -0.05) is 37.1 Å². The molecule has 0 spiro atoms. The summed E-state index contributed by atoms with van der Waals surface area (Å²) in [6.45, 7) is 8.51. The van der Waals surface area contributed by atoms with Crippen molar-refractivity contribution in [2.75, 3.05) is 26.2 Å². The largest absolute Gasteiger partial charge is 0.335 e. The van der Waals surface area contributed by atoms with Crippen LogP contribution >= 0.6 is 0 Å². The maximum atomic E-state index is 12.2. The Hall–Kier alpha value is -1.35. The predicted molar refractivity (Wildman–Crippen MR) is 96.7 cm³/mol. The molecule has 0 aromatic heterocycles. The van der Waals surface area contributed by atoms with Crippen LogP contribution in [0.2, 0.25) is 0 Å². The number of nitrogens with zero attached hydrogens (tertiary/aromatic N) is 2. The quantitative estimate of drug-likeness (QED) is 0.847. The van der Waals surface area contributed by atoms with Crippen molar-refractivity contribution in [3.63, 3.8) is 0 Å². The van der Waals surface area contributed by atoms with Crippen LogP contribution in [-0.2, 0) is 4.79 Å². The van der Waals surface area contributed by atoms with Gasteiger partial charge >= 0.3 is 0 Å². The lowest BCUT2D eigenvalue weighted by molar-refractivity contribution is -0.130. The molecule has 0 radical (unpaired) electrons. The smallest absolute Gasteiger partial charge is 0.219 e. The second-order valence-electron chi connectivity index (χ2n) is 8.27. The first-order valence-corrected chi connectivity index (χ1v) is 9.68. The molecular formula is C21H30N2O. The number of hydrogen-bond acceptors (Lipinski definition) is 2. The molecule has 3 nitrogen and oxygen atoms in total. The third kappa shape index (κ3) is 2.88. The summed E-state index contributed by atoms with van der Waals surface area (Å²) in [4.78, 5) is 17.1. The molecule has 0 bridgehead atoms. The van der Waals surface area contributed by atoms with E-state index in [-0.39, 0.29) is 11.9 Å². The van der Waals surface area contributed by atoms with Crippen molar-refractivity contribution >= 4 is 5.91 Å². The number of benzene rings is 1. The highest BCUT2D eigenvalue weighted by Crippen LogP contribution is 2.46. The van der Waals surface area contributed by atoms with Crippen LogP contribution < -0.4 is 0 Å². The molecule has 1 saturated carbocycles. The normalized spacial score (nSPS) is 30.9. The summed E-state index contributed by atoms with van der Waals surface area (Å²) >= 11 is 0. The molecule has 1 aromatic carbocycles. The summed E-state index contributed by atoms with van der Waals surface area (Å²) in [5, 5.41) is 0. The van der Waals surface area contributed by atoms with Crippen molar-refractivity contribution in [1.29, 1.82) is 0 Å². The highest BCUT2D eigenvalue weighted by molar-refractivity contribution is 5.74. The minimum atomic E-state index is 0.236. The van der Waals surface area contributed by atoms with Gasteiger partial charge in [0.05, 0.1) is 6.04 Å².